The zero-order valence-corrected chi connectivity index (χ0v) is 26.3. The van der Waals surface area contributed by atoms with Gasteiger partial charge >= 0.3 is 0 Å². The van der Waals surface area contributed by atoms with E-state index in [0.29, 0.717) is 50.4 Å². The van der Waals surface area contributed by atoms with Gasteiger partial charge in [0.1, 0.15) is 11.6 Å². The molecule has 1 aromatic carbocycles. The Morgan fingerprint density at radius 2 is 1.52 bits per heavy atom. The molecule has 236 valence electrons. The molecule has 8 nitrogen and oxygen atoms in total. The lowest BCUT2D eigenvalue weighted by atomic mass is 9.78. The Morgan fingerprint density at radius 3 is 2.05 bits per heavy atom. The highest BCUT2D eigenvalue weighted by atomic mass is 32.2. The summed E-state index contributed by atoms with van der Waals surface area (Å²) < 4.78 is 53.9. The lowest BCUT2D eigenvalue weighted by Crippen LogP contribution is -2.48. The predicted molar refractivity (Wildman–Crippen MR) is 159 cm³/mol. The van der Waals surface area contributed by atoms with Gasteiger partial charge in [0.25, 0.3) is 0 Å². The third-order valence-electron chi connectivity index (χ3n) is 9.79. The van der Waals surface area contributed by atoms with Crippen LogP contribution in [-0.4, -0.2) is 104 Å². The molecule has 42 heavy (non-hydrogen) atoms. The number of amides is 2. The zero-order valence-electron chi connectivity index (χ0n) is 25.4. The smallest absolute Gasteiger partial charge is 0.223 e. The zero-order chi connectivity index (χ0) is 30.4. The monoisotopic (exact) mass is 610 g/mol. The molecule has 3 saturated heterocycles. The Morgan fingerprint density at radius 1 is 0.929 bits per heavy atom. The fourth-order valence-electron chi connectivity index (χ4n) is 7.30. The SMILES string of the molecule is CCN(C(=O)CC1CCN(C(C)=O)CC1)C1CCN(CC[C@@H](c2cc(F)cc(F)c2)C2CCN(S(C)(=O)=O)CC2)CC1. The number of piperidine rings is 3. The molecule has 3 heterocycles. The van der Waals surface area contributed by atoms with Gasteiger partial charge in [-0.1, -0.05) is 0 Å². The van der Waals surface area contributed by atoms with Gasteiger partial charge in [0.2, 0.25) is 21.8 Å². The van der Waals surface area contributed by atoms with Crippen LogP contribution in [0.3, 0.4) is 0 Å². The van der Waals surface area contributed by atoms with Crippen molar-refractivity contribution in [3.05, 3.63) is 35.4 Å². The second-order valence-corrected chi connectivity index (χ2v) is 14.5. The van der Waals surface area contributed by atoms with E-state index in [-0.39, 0.29) is 29.7 Å². The Balaban J connectivity index is 1.30. The van der Waals surface area contributed by atoms with Crippen LogP contribution in [0.4, 0.5) is 8.78 Å². The third-order valence-corrected chi connectivity index (χ3v) is 11.1. The first kappa shape index (κ1) is 32.8. The molecule has 0 unspecified atom stereocenters. The fourth-order valence-corrected chi connectivity index (χ4v) is 8.18. The molecule has 3 aliphatic rings. The molecular formula is C31H48F2N4O4S. The average Bonchev–Trinajstić information content (AvgIpc) is 2.94. The summed E-state index contributed by atoms with van der Waals surface area (Å²) in [5.41, 5.74) is 0.650. The molecule has 0 spiro atoms. The number of hydrogen-bond acceptors (Lipinski definition) is 5. The van der Waals surface area contributed by atoms with Crippen molar-refractivity contribution in [3.8, 4) is 0 Å². The number of likely N-dealkylation sites (tertiary alicyclic amines) is 2. The van der Waals surface area contributed by atoms with Gasteiger partial charge < -0.3 is 14.7 Å². The third kappa shape index (κ3) is 8.72. The van der Waals surface area contributed by atoms with E-state index in [0.717, 1.165) is 70.9 Å². The molecular weight excluding hydrogens is 562 g/mol. The van der Waals surface area contributed by atoms with Crippen LogP contribution in [0.25, 0.3) is 0 Å². The van der Waals surface area contributed by atoms with Crippen LogP contribution >= 0.6 is 0 Å². The van der Waals surface area contributed by atoms with Crippen LogP contribution in [0.15, 0.2) is 18.2 Å². The van der Waals surface area contributed by atoms with Gasteiger partial charge in [0, 0.05) is 71.3 Å². The van der Waals surface area contributed by atoms with Crippen LogP contribution in [0.5, 0.6) is 0 Å². The van der Waals surface area contributed by atoms with E-state index in [9.17, 15) is 26.8 Å². The summed E-state index contributed by atoms with van der Waals surface area (Å²) in [5.74, 6) is -0.429. The van der Waals surface area contributed by atoms with Gasteiger partial charge in [-0.15, -0.1) is 0 Å². The van der Waals surface area contributed by atoms with Crippen molar-refractivity contribution in [2.45, 2.75) is 77.2 Å². The van der Waals surface area contributed by atoms with Crippen LogP contribution in [0.2, 0.25) is 0 Å². The summed E-state index contributed by atoms with van der Waals surface area (Å²) >= 11 is 0. The number of carbonyl (C=O) groups is 2. The average molecular weight is 611 g/mol. The molecule has 0 N–H and O–H groups in total. The summed E-state index contributed by atoms with van der Waals surface area (Å²) in [6.45, 7) is 9.18. The van der Waals surface area contributed by atoms with Crippen molar-refractivity contribution in [2.24, 2.45) is 11.8 Å². The Hall–Kier alpha value is -2.11. The molecule has 2 amide bonds. The molecule has 0 radical (unpaired) electrons. The maximum absolute atomic E-state index is 14.2. The summed E-state index contributed by atoms with van der Waals surface area (Å²) in [5, 5.41) is 0. The van der Waals surface area contributed by atoms with Crippen molar-refractivity contribution in [1.82, 2.24) is 19.0 Å². The maximum Gasteiger partial charge on any atom is 0.223 e. The van der Waals surface area contributed by atoms with E-state index in [4.69, 9.17) is 0 Å². The van der Waals surface area contributed by atoms with Crippen LogP contribution < -0.4 is 0 Å². The Labute approximate surface area is 250 Å². The van der Waals surface area contributed by atoms with E-state index < -0.39 is 21.7 Å². The second kappa shape index (κ2) is 14.6. The van der Waals surface area contributed by atoms with E-state index in [1.807, 2.05) is 16.7 Å². The molecule has 0 aliphatic carbocycles. The standard InChI is InChI=1S/C31H48F2N4O4S/c1-4-37(31(39)19-24-5-15-35(16-6-24)23(2)38)29-9-12-34(13-10-29)14-11-30(26-20-27(32)22-28(33)21-26)25-7-17-36(18-8-25)42(3,40)41/h20-22,24-25,29-30H,4-19H2,1-3H3/t30-/m1/s1. The summed E-state index contributed by atoms with van der Waals surface area (Å²) in [6.07, 6.45) is 7.40. The van der Waals surface area contributed by atoms with Crippen molar-refractivity contribution in [2.75, 3.05) is 58.6 Å². The topological polar surface area (TPSA) is 81.2 Å². The number of rotatable bonds is 10. The molecule has 3 fully saturated rings. The molecule has 0 aromatic heterocycles. The normalized spacial score (nSPS) is 21.4. The summed E-state index contributed by atoms with van der Waals surface area (Å²) in [6, 6.07) is 3.97. The molecule has 0 saturated carbocycles. The van der Waals surface area contributed by atoms with Crippen molar-refractivity contribution in [1.29, 1.82) is 0 Å². The second-order valence-electron chi connectivity index (χ2n) is 12.5. The van der Waals surface area contributed by atoms with Gasteiger partial charge in [0.15, 0.2) is 0 Å². The minimum atomic E-state index is -3.25. The van der Waals surface area contributed by atoms with Gasteiger partial charge in [-0.05, 0) is 93.9 Å². The van der Waals surface area contributed by atoms with Gasteiger partial charge in [-0.2, -0.15) is 0 Å². The van der Waals surface area contributed by atoms with Gasteiger partial charge in [-0.25, -0.2) is 21.5 Å². The Kier molecular flexibility index (Phi) is 11.4. The molecule has 3 aliphatic heterocycles. The van der Waals surface area contributed by atoms with E-state index >= 15 is 0 Å². The van der Waals surface area contributed by atoms with E-state index in [2.05, 4.69) is 4.90 Å². The van der Waals surface area contributed by atoms with Crippen LogP contribution in [0, 0.1) is 23.5 Å². The summed E-state index contributed by atoms with van der Waals surface area (Å²) in [4.78, 5) is 31.2. The fraction of sp³-hybridized carbons (Fsp3) is 0.742. The van der Waals surface area contributed by atoms with Crippen LogP contribution in [-0.2, 0) is 19.6 Å². The van der Waals surface area contributed by atoms with Crippen molar-refractivity contribution < 1.29 is 26.8 Å². The molecule has 0 bridgehead atoms. The predicted octanol–water partition coefficient (Wildman–Crippen LogP) is 4.07. The first-order chi connectivity index (χ1) is 19.9. The van der Waals surface area contributed by atoms with Crippen molar-refractivity contribution in [3.63, 3.8) is 0 Å². The minimum Gasteiger partial charge on any atom is -0.343 e. The number of nitrogens with zero attached hydrogens (tertiary/aromatic N) is 4. The number of hydrogen-bond donors (Lipinski definition) is 0. The molecule has 4 rings (SSSR count). The Bertz CT molecular complexity index is 1160. The lowest BCUT2D eigenvalue weighted by Gasteiger charge is -2.40. The number of benzene rings is 1. The molecule has 1 aromatic rings. The van der Waals surface area contributed by atoms with Gasteiger partial charge in [-0.3, -0.25) is 9.59 Å². The number of carbonyl (C=O) groups excluding carboxylic acids is 2. The molecule has 11 heteroatoms. The summed E-state index contributed by atoms with van der Waals surface area (Å²) in [7, 11) is -3.25. The number of halogens is 2. The highest BCUT2D eigenvalue weighted by molar-refractivity contribution is 7.88. The quantitative estimate of drug-likeness (QED) is 0.399. The molecule has 1 atom stereocenters. The number of sulfonamides is 1. The largest absolute Gasteiger partial charge is 0.343 e. The van der Waals surface area contributed by atoms with Gasteiger partial charge in [0.05, 0.1) is 6.26 Å². The van der Waals surface area contributed by atoms with E-state index in [1.54, 1.807) is 6.92 Å². The van der Waals surface area contributed by atoms with Crippen LogP contribution in [0.1, 0.15) is 76.7 Å². The van der Waals surface area contributed by atoms with Crippen molar-refractivity contribution >= 4 is 21.8 Å². The van der Waals surface area contributed by atoms with E-state index in [1.165, 1.54) is 22.7 Å². The minimum absolute atomic E-state index is 0.0576. The highest BCUT2D eigenvalue weighted by Gasteiger charge is 2.33. The maximum atomic E-state index is 14.2. The highest BCUT2D eigenvalue weighted by Crippen LogP contribution is 2.37. The lowest BCUT2D eigenvalue weighted by molar-refractivity contribution is -0.136. The first-order valence-corrected chi connectivity index (χ1v) is 17.5. The first-order valence-electron chi connectivity index (χ1n) is 15.6.